The molecule has 2 saturated heterocycles. The first-order valence-corrected chi connectivity index (χ1v) is 17.1. The first-order valence-electron chi connectivity index (χ1n) is 17.1. The molecule has 2 aliphatic rings. The van der Waals surface area contributed by atoms with Gasteiger partial charge in [0.2, 0.25) is 11.8 Å². The fourth-order valence-corrected chi connectivity index (χ4v) is 6.46. The summed E-state index contributed by atoms with van der Waals surface area (Å²) in [4.78, 5) is 27.2. The highest BCUT2D eigenvalue weighted by Crippen LogP contribution is 2.38. The molecule has 2 aliphatic heterocycles. The predicted molar refractivity (Wildman–Crippen MR) is 186 cm³/mol. The maximum atomic E-state index is 12.5. The molecular formula is C38H50N4O6. The van der Waals surface area contributed by atoms with Crippen LogP contribution in [-0.4, -0.2) is 60.8 Å². The molecule has 0 spiro atoms. The number of hydrogen-bond donors (Lipinski definition) is 4. The largest absolute Gasteiger partial charge is 0.397 e. The molecule has 0 unspecified atom stereocenters. The van der Waals surface area contributed by atoms with Gasteiger partial charge in [-0.15, -0.1) is 0 Å². The number of amides is 2. The quantitative estimate of drug-likeness (QED) is 0.115. The third kappa shape index (κ3) is 10.3. The van der Waals surface area contributed by atoms with Crippen LogP contribution in [0, 0.1) is 0 Å². The van der Waals surface area contributed by atoms with Crippen LogP contribution < -0.4 is 16.4 Å². The van der Waals surface area contributed by atoms with Gasteiger partial charge in [0, 0.05) is 51.1 Å². The van der Waals surface area contributed by atoms with Crippen LogP contribution in [0.1, 0.15) is 86.0 Å². The van der Waals surface area contributed by atoms with Crippen molar-refractivity contribution < 1.29 is 28.9 Å². The Morgan fingerprint density at radius 3 is 2.35 bits per heavy atom. The maximum Gasteiger partial charge on any atom is 0.224 e. The summed E-state index contributed by atoms with van der Waals surface area (Å²) in [6.07, 6.45) is 5.39. The number of anilines is 2. The minimum absolute atomic E-state index is 0.00822. The number of carbonyl (C=O) groups is 2. The molecule has 2 heterocycles. The van der Waals surface area contributed by atoms with Gasteiger partial charge in [-0.2, -0.15) is 0 Å². The summed E-state index contributed by atoms with van der Waals surface area (Å²) in [6, 6.07) is 23.6. The number of carbonyl (C=O) groups excluding carboxylic acids is 2. The number of ether oxygens (including phenoxy) is 3. The van der Waals surface area contributed by atoms with Crippen molar-refractivity contribution in [2.24, 2.45) is 0 Å². The number of aliphatic hydroxyl groups excluding tert-OH is 1. The standard InChI is InChI=1S/C38H50N4O6/c1-46-26-31-8-7-21-42(31)24-32-22-35(29-17-15-28(25-43)16-18-29)48-38(47-32)30-19-13-27(14-20-30)23-40-36(44)11-3-2-4-12-37(45)41-34-10-6-5-9-33(34)39/h5-6,9-10,13-20,31-32,35,38,43H,2-4,7-8,11-12,21-26,39H2,1H3,(H,40,44)(H,41,45)/t31-,32+,35-,38-/m0/s1. The van der Waals surface area contributed by atoms with Gasteiger partial charge in [0.25, 0.3) is 0 Å². The summed E-state index contributed by atoms with van der Waals surface area (Å²) in [7, 11) is 1.76. The normalized spacial score (nSPS) is 21.2. The van der Waals surface area contributed by atoms with E-state index in [-0.39, 0.29) is 30.6 Å². The second kappa shape index (κ2) is 18.1. The highest BCUT2D eigenvalue weighted by molar-refractivity contribution is 5.93. The molecule has 0 aliphatic carbocycles. The van der Waals surface area contributed by atoms with Crippen molar-refractivity contribution in [3.8, 4) is 0 Å². The van der Waals surface area contributed by atoms with Crippen molar-refractivity contribution in [2.45, 2.75) is 89.1 Å². The minimum Gasteiger partial charge on any atom is -0.397 e. The van der Waals surface area contributed by atoms with Gasteiger partial charge in [-0.1, -0.05) is 67.1 Å². The topological polar surface area (TPSA) is 135 Å². The van der Waals surface area contributed by atoms with E-state index in [4.69, 9.17) is 19.9 Å². The molecule has 3 aromatic rings. The zero-order valence-corrected chi connectivity index (χ0v) is 27.9. The number of unbranched alkanes of at least 4 members (excludes halogenated alkanes) is 2. The Hall–Kier alpha value is -3.80. The molecule has 10 nitrogen and oxygen atoms in total. The molecule has 0 saturated carbocycles. The molecule has 5 N–H and O–H groups in total. The van der Waals surface area contributed by atoms with Gasteiger partial charge in [0.15, 0.2) is 6.29 Å². The highest BCUT2D eigenvalue weighted by atomic mass is 16.7. The van der Waals surface area contributed by atoms with Crippen LogP contribution in [0.3, 0.4) is 0 Å². The van der Waals surface area contributed by atoms with Gasteiger partial charge < -0.3 is 35.7 Å². The fourth-order valence-electron chi connectivity index (χ4n) is 6.46. The Balaban J connectivity index is 1.09. The number of aliphatic hydroxyl groups is 1. The molecule has 3 aromatic carbocycles. The molecule has 2 amide bonds. The number of methoxy groups -OCH3 is 1. The number of nitrogens with two attached hydrogens (primary N) is 1. The van der Waals surface area contributed by atoms with Crippen LogP contribution in [-0.2, 0) is 37.0 Å². The predicted octanol–water partition coefficient (Wildman–Crippen LogP) is 5.62. The van der Waals surface area contributed by atoms with E-state index in [9.17, 15) is 14.7 Å². The molecule has 2 fully saturated rings. The molecule has 258 valence electrons. The van der Waals surface area contributed by atoms with E-state index in [0.29, 0.717) is 43.2 Å². The lowest BCUT2D eigenvalue weighted by atomic mass is 9.99. The van der Waals surface area contributed by atoms with Crippen molar-refractivity contribution in [1.29, 1.82) is 0 Å². The number of nitrogens with one attached hydrogen (secondary N) is 2. The molecule has 48 heavy (non-hydrogen) atoms. The second-order valence-electron chi connectivity index (χ2n) is 12.8. The van der Waals surface area contributed by atoms with E-state index < -0.39 is 6.29 Å². The smallest absolute Gasteiger partial charge is 0.224 e. The Bertz CT molecular complexity index is 1450. The monoisotopic (exact) mass is 658 g/mol. The number of benzene rings is 3. The van der Waals surface area contributed by atoms with Gasteiger partial charge in [-0.3, -0.25) is 14.5 Å². The average Bonchev–Trinajstić information content (AvgIpc) is 3.54. The van der Waals surface area contributed by atoms with Crippen molar-refractivity contribution in [1.82, 2.24) is 10.2 Å². The number of hydrogen-bond acceptors (Lipinski definition) is 8. The van der Waals surface area contributed by atoms with Gasteiger partial charge in [-0.25, -0.2) is 0 Å². The van der Waals surface area contributed by atoms with E-state index in [1.807, 2.05) is 60.7 Å². The van der Waals surface area contributed by atoms with Gasteiger partial charge in [0.1, 0.15) is 0 Å². The van der Waals surface area contributed by atoms with Gasteiger partial charge in [-0.05, 0) is 61.1 Å². The van der Waals surface area contributed by atoms with Crippen LogP contribution in [0.5, 0.6) is 0 Å². The summed E-state index contributed by atoms with van der Waals surface area (Å²) in [5.41, 5.74) is 10.9. The Morgan fingerprint density at radius 1 is 0.917 bits per heavy atom. The number of nitrogens with zero attached hydrogens (tertiary/aromatic N) is 1. The molecule has 0 aromatic heterocycles. The van der Waals surface area contributed by atoms with E-state index in [1.165, 1.54) is 0 Å². The van der Waals surface area contributed by atoms with Crippen molar-refractivity contribution >= 4 is 23.2 Å². The molecule has 4 atom stereocenters. The van der Waals surface area contributed by atoms with E-state index in [1.54, 1.807) is 19.2 Å². The van der Waals surface area contributed by atoms with Crippen LogP contribution in [0.15, 0.2) is 72.8 Å². The number of likely N-dealkylation sites (tertiary alicyclic amines) is 1. The lowest BCUT2D eigenvalue weighted by Crippen LogP contribution is -2.42. The third-order valence-electron chi connectivity index (χ3n) is 9.20. The zero-order chi connectivity index (χ0) is 33.7. The van der Waals surface area contributed by atoms with Crippen LogP contribution in [0.25, 0.3) is 0 Å². The molecule has 0 bridgehead atoms. The van der Waals surface area contributed by atoms with Crippen LogP contribution >= 0.6 is 0 Å². The highest BCUT2D eigenvalue weighted by Gasteiger charge is 2.35. The van der Waals surface area contributed by atoms with E-state index in [2.05, 4.69) is 15.5 Å². The summed E-state index contributed by atoms with van der Waals surface area (Å²) in [6.45, 7) is 3.03. The van der Waals surface area contributed by atoms with Crippen LogP contribution in [0.2, 0.25) is 0 Å². The average molecular weight is 659 g/mol. The minimum atomic E-state index is -0.523. The van der Waals surface area contributed by atoms with Gasteiger partial charge >= 0.3 is 0 Å². The van der Waals surface area contributed by atoms with Gasteiger partial charge in [0.05, 0.1) is 36.8 Å². The molecule has 10 heteroatoms. The second-order valence-corrected chi connectivity index (χ2v) is 12.8. The summed E-state index contributed by atoms with van der Waals surface area (Å²) < 4.78 is 18.6. The SMILES string of the molecule is COC[C@@H]1CCCN1C[C@H]1C[C@@H](c2ccc(CO)cc2)O[C@@H](c2ccc(CNC(=O)CCCCCC(=O)Nc3ccccc3N)cc2)O1. The number of nitrogen functional groups attached to an aromatic ring is 1. The molecular weight excluding hydrogens is 608 g/mol. The van der Waals surface area contributed by atoms with Crippen molar-refractivity contribution in [3.63, 3.8) is 0 Å². The van der Waals surface area contributed by atoms with E-state index >= 15 is 0 Å². The molecule has 0 radical (unpaired) electrons. The summed E-state index contributed by atoms with van der Waals surface area (Å²) in [5.74, 6) is -0.0824. The number of rotatable bonds is 16. The lowest BCUT2D eigenvalue weighted by molar-refractivity contribution is -0.253. The Morgan fingerprint density at radius 2 is 1.62 bits per heavy atom. The summed E-state index contributed by atoms with van der Waals surface area (Å²) >= 11 is 0. The maximum absolute atomic E-state index is 12.5. The molecule has 5 rings (SSSR count). The Labute approximate surface area is 283 Å². The fraction of sp³-hybridized carbons (Fsp3) is 0.474. The van der Waals surface area contributed by atoms with Crippen molar-refractivity contribution in [2.75, 3.05) is 37.9 Å². The number of para-hydroxylation sites is 2. The first-order chi connectivity index (χ1) is 23.4. The van der Waals surface area contributed by atoms with E-state index in [0.717, 1.165) is 74.1 Å². The third-order valence-corrected chi connectivity index (χ3v) is 9.20. The van der Waals surface area contributed by atoms with Crippen LogP contribution in [0.4, 0.5) is 11.4 Å². The first kappa shape index (κ1) is 35.5. The lowest BCUT2D eigenvalue weighted by Gasteiger charge is -2.38. The Kier molecular flexibility index (Phi) is 13.4. The van der Waals surface area contributed by atoms with Crippen molar-refractivity contribution in [3.05, 3.63) is 95.1 Å². The zero-order valence-electron chi connectivity index (χ0n) is 27.9. The summed E-state index contributed by atoms with van der Waals surface area (Å²) in [5, 5.41) is 15.3.